The molecule has 0 amide bonds. The predicted octanol–water partition coefficient (Wildman–Crippen LogP) is 3.98. The first-order valence-electron chi connectivity index (χ1n) is 8.98. The number of methoxy groups -OCH3 is 1. The van der Waals surface area contributed by atoms with Crippen molar-refractivity contribution in [3.63, 3.8) is 0 Å². The van der Waals surface area contributed by atoms with Crippen LogP contribution in [0.25, 0.3) is 0 Å². The molecule has 0 N–H and O–H groups in total. The lowest BCUT2D eigenvalue weighted by atomic mass is 9.89. The van der Waals surface area contributed by atoms with Gasteiger partial charge in [0.1, 0.15) is 6.79 Å². The van der Waals surface area contributed by atoms with E-state index in [1.807, 2.05) is 37.3 Å². The van der Waals surface area contributed by atoms with Crippen molar-refractivity contribution in [2.24, 2.45) is 11.8 Å². The van der Waals surface area contributed by atoms with Gasteiger partial charge in [0.2, 0.25) is 0 Å². The normalized spacial score (nSPS) is 13.6. The number of carbonyl (C=O) groups is 1. The van der Waals surface area contributed by atoms with Gasteiger partial charge >= 0.3 is 5.97 Å². The molecule has 2 atom stereocenters. The Morgan fingerprint density at radius 1 is 1.08 bits per heavy atom. The van der Waals surface area contributed by atoms with Gasteiger partial charge < -0.3 is 18.9 Å². The van der Waals surface area contributed by atoms with Crippen LogP contribution in [-0.4, -0.2) is 39.7 Å². The Hall–Kier alpha value is -1.43. The largest absolute Gasteiger partial charge is 0.466 e. The molecule has 1 aromatic carbocycles. The fourth-order valence-corrected chi connectivity index (χ4v) is 2.68. The third kappa shape index (κ3) is 9.00. The summed E-state index contributed by atoms with van der Waals surface area (Å²) in [6, 6.07) is 9.93. The molecule has 25 heavy (non-hydrogen) atoms. The van der Waals surface area contributed by atoms with Crippen molar-refractivity contribution in [3.8, 4) is 0 Å². The van der Waals surface area contributed by atoms with Crippen LogP contribution in [0.2, 0.25) is 0 Å². The van der Waals surface area contributed by atoms with E-state index in [4.69, 9.17) is 18.9 Å². The molecule has 0 aromatic heterocycles. The second-order valence-corrected chi connectivity index (χ2v) is 6.40. The Morgan fingerprint density at radius 2 is 1.80 bits per heavy atom. The van der Waals surface area contributed by atoms with Crippen molar-refractivity contribution in [2.45, 2.75) is 39.7 Å². The minimum Gasteiger partial charge on any atom is -0.466 e. The van der Waals surface area contributed by atoms with E-state index in [2.05, 4.69) is 13.8 Å². The third-order valence-electron chi connectivity index (χ3n) is 3.83. The van der Waals surface area contributed by atoms with Crippen molar-refractivity contribution in [1.82, 2.24) is 0 Å². The van der Waals surface area contributed by atoms with Crippen LogP contribution in [0.4, 0.5) is 0 Å². The molecule has 0 unspecified atom stereocenters. The smallest absolute Gasteiger partial charge is 0.309 e. The maximum absolute atomic E-state index is 12.3. The average Bonchev–Trinajstić information content (AvgIpc) is 2.60. The quantitative estimate of drug-likeness (QED) is 0.305. The number of hydrogen-bond acceptors (Lipinski definition) is 5. The van der Waals surface area contributed by atoms with E-state index in [1.54, 1.807) is 7.11 Å². The molecule has 5 nitrogen and oxygen atoms in total. The molecule has 0 radical (unpaired) electrons. The fourth-order valence-electron chi connectivity index (χ4n) is 2.68. The molecule has 0 fully saturated rings. The fraction of sp³-hybridized carbons (Fsp3) is 0.650. The van der Waals surface area contributed by atoms with Crippen molar-refractivity contribution >= 4 is 5.97 Å². The first-order chi connectivity index (χ1) is 12.1. The molecule has 5 heteroatoms. The van der Waals surface area contributed by atoms with Gasteiger partial charge in [-0.2, -0.15) is 0 Å². The lowest BCUT2D eigenvalue weighted by Gasteiger charge is -2.24. The van der Waals surface area contributed by atoms with Crippen LogP contribution in [-0.2, 0) is 23.7 Å². The van der Waals surface area contributed by atoms with Crippen LogP contribution in [0.3, 0.4) is 0 Å². The van der Waals surface area contributed by atoms with Crippen LogP contribution >= 0.6 is 0 Å². The van der Waals surface area contributed by atoms with Gasteiger partial charge in [-0.3, -0.25) is 4.79 Å². The van der Waals surface area contributed by atoms with Crippen LogP contribution in [0.1, 0.15) is 45.3 Å². The van der Waals surface area contributed by atoms with Gasteiger partial charge in [0.25, 0.3) is 0 Å². The summed E-state index contributed by atoms with van der Waals surface area (Å²) in [7, 11) is 1.63. The molecular weight excluding hydrogens is 320 g/mol. The van der Waals surface area contributed by atoms with E-state index < -0.39 is 0 Å². The Morgan fingerprint density at radius 3 is 2.40 bits per heavy atom. The maximum Gasteiger partial charge on any atom is 0.309 e. The van der Waals surface area contributed by atoms with Gasteiger partial charge in [0.05, 0.1) is 31.8 Å². The highest BCUT2D eigenvalue weighted by Gasteiger charge is 2.26. The van der Waals surface area contributed by atoms with Gasteiger partial charge in [-0.05, 0) is 31.2 Å². The predicted molar refractivity (Wildman–Crippen MR) is 97.2 cm³/mol. The zero-order valence-corrected chi connectivity index (χ0v) is 15.9. The molecule has 0 saturated carbocycles. The summed E-state index contributed by atoms with van der Waals surface area (Å²) in [5, 5.41) is 0. The Bertz CT molecular complexity index is 460. The van der Waals surface area contributed by atoms with Gasteiger partial charge in [0.15, 0.2) is 0 Å². The number of benzene rings is 1. The van der Waals surface area contributed by atoms with Crippen LogP contribution in [0, 0.1) is 11.8 Å². The summed E-state index contributed by atoms with van der Waals surface area (Å²) in [4.78, 5) is 12.3. The van der Waals surface area contributed by atoms with Gasteiger partial charge in [-0.1, -0.05) is 44.2 Å². The van der Waals surface area contributed by atoms with E-state index in [0.29, 0.717) is 32.2 Å². The number of carbonyl (C=O) groups excluding carboxylic acids is 1. The summed E-state index contributed by atoms with van der Waals surface area (Å²) in [6.45, 7) is 7.62. The molecular formula is C20H32O5. The topological polar surface area (TPSA) is 54.0 Å². The zero-order chi connectivity index (χ0) is 18.5. The highest BCUT2D eigenvalue weighted by molar-refractivity contribution is 5.72. The first kappa shape index (κ1) is 21.6. The lowest BCUT2D eigenvalue weighted by molar-refractivity contribution is -0.152. The molecule has 0 aliphatic heterocycles. The first-order valence-corrected chi connectivity index (χ1v) is 8.98. The highest BCUT2D eigenvalue weighted by atomic mass is 16.7. The van der Waals surface area contributed by atoms with Gasteiger partial charge in [-0.25, -0.2) is 0 Å². The van der Waals surface area contributed by atoms with E-state index >= 15 is 0 Å². The van der Waals surface area contributed by atoms with Crippen molar-refractivity contribution in [1.29, 1.82) is 0 Å². The second kappa shape index (κ2) is 12.9. The third-order valence-corrected chi connectivity index (χ3v) is 3.83. The maximum atomic E-state index is 12.3. The molecule has 1 rings (SSSR count). The standard InChI is InChI=1S/C20H32O5/c1-5-24-20(21)18(13-16(2)3)14-19(17-9-7-6-8-10-17)25-15-23-12-11-22-4/h6-10,16,18-19H,5,11-15H2,1-4H3/t18-,19+/m1/s1. The molecule has 0 saturated heterocycles. The van der Waals surface area contributed by atoms with Gasteiger partial charge in [0, 0.05) is 7.11 Å². The SMILES string of the molecule is CCOC(=O)[C@H](CC(C)C)C[C@H](OCOCCOC)c1ccccc1. The van der Waals surface area contributed by atoms with Crippen molar-refractivity contribution < 1.29 is 23.7 Å². The highest BCUT2D eigenvalue weighted by Crippen LogP contribution is 2.29. The molecule has 0 spiro atoms. The summed E-state index contributed by atoms with van der Waals surface area (Å²) in [5.74, 6) is 0.0638. The molecule has 0 bridgehead atoms. The number of hydrogen-bond donors (Lipinski definition) is 0. The van der Waals surface area contributed by atoms with E-state index in [9.17, 15) is 4.79 Å². The summed E-state index contributed by atoms with van der Waals surface area (Å²) in [6.07, 6.45) is 1.14. The van der Waals surface area contributed by atoms with Crippen molar-refractivity contribution in [2.75, 3.05) is 33.7 Å². The molecule has 0 aliphatic rings. The molecule has 1 aromatic rings. The van der Waals surface area contributed by atoms with Crippen LogP contribution in [0.5, 0.6) is 0 Å². The number of esters is 1. The Balaban J connectivity index is 2.76. The van der Waals surface area contributed by atoms with E-state index in [0.717, 1.165) is 12.0 Å². The monoisotopic (exact) mass is 352 g/mol. The van der Waals surface area contributed by atoms with E-state index in [1.165, 1.54) is 0 Å². The molecule has 0 heterocycles. The summed E-state index contributed by atoms with van der Waals surface area (Å²) in [5.41, 5.74) is 1.04. The molecule has 0 aliphatic carbocycles. The van der Waals surface area contributed by atoms with E-state index in [-0.39, 0.29) is 24.8 Å². The minimum atomic E-state index is -0.211. The Labute approximate surface area is 151 Å². The summed E-state index contributed by atoms with van der Waals surface area (Å²) < 4.78 is 21.6. The molecule has 142 valence electrons. The second-order valence-electron chi connectivity index (χ2n) is 6.40. The minimum absolute atomic E-state index is 0.152. The zero-order valence-electron chi connectivity index (χ0n) is 15.9. The van der Waals surface area contributed by atoms with Crippen LogP contribution < -0.4 is 0 Å². The lowest BCUT2D eigenvalue weighted by Crippen LogP contribution is -2.23. The Kier molecular flexibility index (Phi) is 11.1. The van der Waals surface area contributed by atoms with Crippen LogP contribution in [0.15, 0.2) is 30.3 Å². The van der Waals surface area contributed by atoms with Crippen molar-refractivity contribution in [3.05, 3.63) is 35.9 Å². The number of rotatable bonds is 13. The summed E-state index contributed by atoms with van der Waals surface area (Å²) >= 11 is 0. The van der Waals surface area contributed by atoms with Gasteiger partial charge in [-0.15, -0.1) is 0 Å². The number of ether oxygens (including phenoxy) is 4. The average molecular weight is 352 g/mol.